The van der Waals surface area contributed by atoms with Crippen molar-refractivity contribution < 1.29 is 0 Å². The van der Waals surface area contributed by atoms with E-state index in [0.29, 0.717) is 6.04 Å². The Morgan fingerprint density at radius 2 is 2.05 bits per heavy atom. The smallest absolute Gasteiger partial charge is 0.207 e. The maximum absolute atomic E-state index is 11.7. The van der Waals surface area contributed by atoms with Crippen LogP contribution in [0.2, 0.25) is 0 Å². The highest BCUT2D eigenvalue weighted by molar-refractivity contribution is 5.77. The molecule has 1 aromatic carbocycles. The number of aromatic nitrogens is 2. The van der Waals surface area contributed by atoms with Crippen molar-refractivity contribution in [1.82, 2.24) is 15.1 Å². The average molecular weight is 271 g/mol. The van der Waals surface area contributed by atoms with E-state index >= 15 is 0 Å². The van der Waals surface area contributed by atoms with E-state index in [1.807, 2.05) is 28.9 Å². The highest BCUT2D eigenvalue weighted by Crippen LogP contribution is 2.17. The first kappa shape index (κ1) is 13.3. The van der Waals surface area contributed by atoms with Gasteiger partial charge in [-0.2, -0.15) is 5.10 Å². The van der Waals surface area contributed by atoms with Crippen molar-refractivity contribution in [2.75, 3.05) is 6.54 Å². The predicted octanol–water partition coefficient (Wildman–Crippen LogP) is 2.32. The molecule has 0 bridgehead atoms. The Morgan fingerprint density at radius 3 is 2.90 bits per heavy atom. The van der Waals surface area contributed by atoms with Gasteiger partial charge in [-0.25, -0.2) is 0 Å². The molecule has 3 rings (SSSR count). The molecule has 2 aromatic rings. The third-order valence-corrected chi connectivity index (χ3v) is 4.10. The lowest BCUT2D eigenvalue weighted by molar-refractivity contribution is 0.485. The van der Waals surface area contributed by atoms with E-state index < -0.39 is 0 Å². The number of nitrogens with one attached hydrogen (secondary N) is 1. The Kier molecular flexibility index (Phi) is 4.11. The molecule has 1 aliphatic carbocycles. The van der Waals surface area contributed by atoms with Gasteiger partial charge in [-0.05, 0) is 37.9 Å². The Hall–Kier alpha value is -1.68. The highest BCUT2D eigenvalue weighted by Gasteiger charge is 2.13. The van der Waals surface area contributed by atoms with E-state index in [4.69, 9.17) is 0 Å². The second kappa shape index (κ2) is 6.18. The molecule has 20 heavy (non-hydrogen) atoms. The zero-order valence-electron chi connectivity index (χ0n) is 11.7. The minimum atomic E-state index is 0.000862. The standard InChI is InChI=1S/C16H21N3O/c20-16-12-18-19(15-9-4-3-8-14(15)16)11-5-10-17-13-6-1-2-7-13/h3-4,8-9,12-13,17H,1-2,5-7,10-11H2. The van der Waals surface area contributed by atoms with Crippen molar-refractivity contribution in [2.24, 2.45) is 0 Å². The summed E-state index contributed by atoms with van der Waals surface area (Å²) in [6.07, 6.45) is 7.83. The normalized spacial score (nSPS) is 16.0. The van der Waals surface area contributed by atoms with Crippen LogP contribution in [0.3, 0.4) is 0 Å². The fourth-order valence-electron chi connectivity index (χ4n) is 3.00. The van der Waals surface area contributed by atoms with Gasteiger partial charge in [0.25, 0.3) is 0 Å². The van der Waals surface area contributed by atoms with E-state index in [1.165, 1.54) is 31.9 Å². The largest absolute Gasteiger partial charge is 0.314 e. The van der Waals surface area contributed by atoms with Crippen molar-refractivity contribution in [3.05, 3.63) is 40.7 Å². The molecule has 0 aliphatic heterocycles. The SMILES string of the molecule is O=c1cnn(CCCNC2CCCC2)c2ccccc12. The molecule has 4 nitrogen and oxygen atoms in total. The van der Waals surface area contributed by atoms with Crippen LogP contribution in [0.4, 0.5) is 0 Å². The molecule has 1 aliphatic rings. The lowest BCUT2D eigenvalue weighted by Gasteiger charge is -2.13. The van der Waals surface area contributed by atoms with Gasteiger partial charge in [0.1, 0.15) is 0 Å². The third-order valence-electron chi connectivity index (χ3n) is 4.10. The van der Waals surface area contributed by atoms with Gasteiger partial charge < -0.3 is 5.32 Å². The lowest BCUT2D eigenvalue weighted by atomic mass is 10.2. The summed E-state index contributed by atoms with van der Waals surface area (Å²) < 4.78 is 1.94. The van der Waals surface area contributed by atoms with E-state index in [-0.39, 0.29) is 5.43 Å². The Labute approximate surface area is 118 Å². The Morgan fingerprint density at radius 1 is 1.25 bits per heavy atom. The van der Waals surface area contributed by atoms with Crippen LogP contribution >= 0.6 is 0 Å². The number of hydrogen-bond acceptors (Lipinski definition) is 3. The van der Waals surface area contributed by atoms with Gasteiger partial charge >= 0.3 is 0 Å². The molecule has 1 aromatic heterocycles. The van der Waals surface area contributed by atoms with Crippen LogP contribution in [0.1, 0.15) is 32.1 Å². The summed E-state index contributed by atoms with van der Waals surface area (Å²) >= 11 is 0. The third kappa shape index (κ3) is 2.90. The highest BCUT2D eigenvalue weighted by atomic mass is 16.1. The van der Waals surface area contributed by atoms with E-state index in [9.17, 15) is 4.79 Å². The van der Waals surface area contributed by atoms with Crippen molar-refractivity contribution in [2.45, 2.75) is 44.7 Å². The lowest BCUT2D eigenvalue weighted by Crippen LogP contribution is -2.27. The van der Waals surface area contributed by atoms with E-state index in [2.05, 4.69) is 10.4 Å². The van der Waals surface area contributed by atoms with Crippen LogP contribution in [0.15, 0.2) is 35.3 Å². The van der Waals surface area contributed by atoms with Crippen LogP contribution in [-0.4, -0.2) is 22.4 Å². The van der Waals surface area contributed by atoms with E-state index in [1.54, 1.807) is 0 Å². The summed E-state index contributed by atoms with van der Waals surface area (Å²) in [4.78, 5) is 11.7. The summed E-state index contributed by atoms with van der Waals surface area (Å²) in [5.74, 6) is 0. The fourth-order valence-corrected chi connectivity index (χ4v) is 3.00. The summed E-state index contributed by atoms with van der Waals surface area (Å²) in [5, 5.41) is 8.62. The first-order valence-corrected chi connectivity index (χ1v) is 7.53. The number of benzene rings is 1. The van der Waals surface area contributed by atoms with E-state index in [0.717, 1.165) is 30.4 Å². The summed E-state index contributed by atoms with van der Waals surface area (Å²) in [5.41, 5.74) is 0.932. The van der Waals surface area contributed by atoms with Gasteiger partial charge in [0.2, 0.25) is 5.43 Å². The van der Waals surface area contributed by atoms with Crippen molar-refractivity contribution in [3.8, 4) is 0 Å². The molecular formula is C16H21N3O. The molecule has 1 saturated carbocycles. The number of hydrogen-bond donors (Lipinski definition) is 1. The van der Waals surface area contributed by atoms with Crippen molar-refractivity contribution in [1.29, 1.82) is 0 Å². The van der Waals surface area contributed by atoms with Crippen LogP contribution in [0.5, 0.6) is 0 Å². The number of aryl methyl sites for hydroxylation is 1. The maximum Gasteiger partial charge on any atom is 0.207 e. The molecule has 1 heterocycles. The van der Waals surface area contributed by atoms with Gasteiger partial charge in [0.15, 0.2) is 0 Å². The topological polar surface area (TPSA) is 46.9 Å². The minimum Gasteiger partial charge on any atom is -0.314 e. The van der Waals surface area contributed by atoms with Crippen LogP contribution in [-0.2, 0) is 6.54 Å². The molecule has 4 heteroatoms. The number of fused-ring (bicyclic) bond motifs is 1. The van der Waals surface area contributed by atoms with Gasteiger partial charge in [-0.1, -0.05) is 25.0 Å². The first-order valence-electron chi connectivity index (χ1n) is 7.53. The fraction of sp³-hybridized carbons (Fsp3) is 0.500. The molecule has 0 atom stereocenters. The molecule has 106 valence electrons. The van der Waals surface area contributed by atoms with Crippen molar-refractivity contribution >= 4 is 10.9 Å². The van der Waals surface area contributed by atoms with Crippen molar-refractivity contribution in [3.63, 3.8) is 0 Å². The summed E-state index contributed by atoms with van der Waals surface area (Å²) in [7, 11) is 0. The monoisotopic (exact) mass is 271 g/mol. The van der Waals surface area contributed by atoms with Crippen LogP contribution in [0, 0.1) is 0 Å². The second-order valence-electron chi connectivity index (χ2n) is 5.54. The molecule has 0 spiro atoms. The number of rotatable bonds is 5. The molecule has 0 amide bonds. The Balaban J connectivity index is 1.62. The second-order valence-corrected chi connectivity index (χ2v) is 5.54. The molecule has 1 N–H and O–H groups in total. The maximum atomic E-state index is 11.7. The summed E-state index contributed by atoms with van der Waals surface area (Å²) in [6.45, 7) is 1.87. The first-order chi connectivity index (χ1) is 9.84. The molecule has 1 fully saturated rings. The number of nitrogens with zero attached hydrogens (tertiary/aromatic N) is 2. The number of para-hydroxylation sites is 1. The zero-order valence-corrected chi connectivity index (χ0v) is 11.7. The van der Waals surface area contributed by atoms with Crippen LogP contribution < -0.4 is 10.7 Å². The average Bonchev–Trinajstić information content (AvgIpc) is 2.99. The predicted molar refractivity (Wildman–Crippen MR) is 80.9 cm³/mol. The Bertz CT molecular complexity index is 629. The van der Waals surface area contributed by atoms with Gasteiger partial charge in [-0.15, -0.1) is 0 Å². The van der Waals surface area contributed by atoms with Gasteiger partial charge in [-0.3, -0.25) is 9.48 Å². The molecular weight excluding hydrogens is 250 g/mol. The molecule has 0 saturated heterocycles. The zero-order chi connectivity index (χ0) is 13.8. The van der Waals surface area contributed by atoms with Gasteiger partial charge in [0.05, 0.1) is 11.7 Å². The minimum absolute atomic E-state index is 0.000862. The quantitative estimate of drug-likeness (QED) is 0.849. The van der Waals surface area contributed by atoms with Gasteiger partial charge in [0, 0.05) is 18.0 Å². The van der Waals surface area contributed by atoms with Crippen LogP contribution in [0.25, 0.3) is 10.9 Å². The summed E-state index contributed by atoms with van der Waals surface area (Å²) in [6, 6.07) is 8.40. The molecule has 0 radical (unpaired) electrons. The molecule has 0 unspecified atom stereocenters.